The third-order valence-electron chi connectivity index (χ3n) is 12.5. The van der Waals surface area contributed by atoms with E-state index in [4.69, 9.17) is 0 Å². The van der Waals surface area contributed by atoms with E-state index in [2.05, 4.69) is 6.07 Å². The zero-order chi connectivity index (χ0) is 51.2. The minimum atomic E-state index is -5.25. The lowest BCUT2D eigenvalue weighted by Crippen LogP contribution is -2.12. The molecular formula is C55H25F12N5. The van der Waals surface area contributed by atoms with Crippen LogP contribution in [0, 0.1) is 34.0 Å². The molecule has 0 bridgehead atoms. The SMILES string of the molecule is N#Cc1cc(C#N)cc(-c2ccc(-n3c4ccccc4c4ccc(-c5ccc(C(F)(F)F)cc5C(F)(F)F)cc43)c(C#N)c2-n2c3ccccc3c3ccc(-c4ccc(C(F)(F)F)cc4C(F)(F)F)cc32)c1. The summed E-state index contributed by atoms with van der Waals surface area (Å²) in [5.41, 5.74) is -5.89. The molecule has 0 N–H and O–H groups in total. The second-order valence-electron chi connectivity index (χ2n) is 16.7. The summed E-state index contributed by atoms with van der Waals surface area (Å²) in [6.45, 7) is 0. The molecule has 2 heterocycles. The monoisotopic (exact) mass is 983 g/mol. The Labute approximate surface area is 398 Å². The summed E-state index contributed by atoms with van der Waals surface area (Å²) in [6.07, 6.45) is -20.7. The number of rotatable bonds is 5. The van der Waals surface area contributed by atoms with Crippen LogP contribution in [0.15, 0.2) is 152 Å². The topological polar surface area (TPSA) is 81.2 Å². The quantitative estimate of drug-likeness (QED) is 0.161. The highest BCUT2D eigenvalue weighted by Gasteiger charge is 2.40. The van der Waals surface area contributed by atoms with Crippen LogP contribution in [0.3, 0.4) is 0 Å². The Morgan fingerprint density at radius 3 is 1.22 bits per heavy atom. The summed E-state index contributed by atoms with van der Waals surface area (Å²) in [4.78, 5) is 0. The molecule has 0 aliphatic heterocycles. The van der Waals surface area contributed by atoms with Crippen molar-refractivity contribution in [3.8, 4) is 63.0 Å². The maximum absolute atomic E-state index is 14.7. The van der Waals surface area contributed by atoms with Crippen molar-refractivity contribution in [2.45, 2.75) is 24.7 Å². The molecule has 0 amide bonds. The molecule has 0 saturated heterocycles. The third-order valence-corrected chi connectivity index (χ3v) is 12.5. The summed E-state index contributed by atoms with van der Waals surface area (Å²) < 4.78 is 174. The van der Waals surface area contributed by atoms with Gasteiger partial charge in [0.15, 0.2) is 0 Å². The van der Waals surface area contributed by atoms with E-state index in [0.29, 0.717) is 44.7 Å². The van der Waals surface area contributed by atoms with Crippen LogP contribution in [0.1, 0.15) is 38.9 Å². The number of fused-ring (bicyclic) bond motifs is 6. The molecule has 354 valence electrons. The van der Waals surface area contributed by atoms with Gasteiger partial charge in [0.25, 0.3) is 0 Å². The van der Waals surface area contributed by atoms with Gasteiger partial charge in [0.05, 0.1) is 79.0 Å². The fourth-order valence-corrected chi connectivity index (χ4v) is 9.44. The molecule has 10 rings (SSSR count). The fraction of sp³-hybridized carbons (Fsp3) is 0.0727. The van der Waals surface area contributed by atoms with Gasteiger partial charge in [0.1, 0.15) is 11.6 Å². The van der Waals surface area contributed by atoms with E-state index in [1.54, 1.807) is 63.7 Å². The number of alkyl halides is 12. The van der Waals surface area contributed by atoms with Gasteiger partial charge in [0, 0.05) is 27.1 Å². The van der Waals surface area contributed by atoms with Crippen molar-refractivity contribution in [2.24, 2.45) is 0 Å². The van der Waals surface area contributed by atoms with E-state index >= 15 is 0 Å². The molecule has 8 aromatic carbocycles. The van der Waals surface area contributed by atoms with E-state index in [1.165, 1.54) is 60.7 Å². The largest absolute Gasteiger partial charge is 0.417 e. The predicted octanol–water partition coefficient (Wildman–Crippen LogP) is 16.6. The highest BCUT2D eigenvalue weighted by atomic mass is 19.4. The smallest absolute Gasteiger partial charge is 0.308 e. The van der Waals surface area contributed by atoms with Gasteiger partial charge in [-0.1, -0.05) is 78.9 Å². The maximum atomic E-state index is 14.7. The zero-order valence-corrected chi connectivity index (χ0v) is 36.2. The van der Waals surface area contributed by atoms with E-state index < -0.39 is 58.1 Å². The van der Waals surface area contributed by atoms with Crippen LogP contribution in [0.25, 0.3) is 88.4 Å². The van der Waals surface area contributed by atoms with Crippen molar-refractivity contribution in [1.29, 1.82) is 15.8 Å². The average molecular weight is 984 g/mol. The summed E-state index contributed by atoms with van der Waals surface area (Å²) in [5, 5.41) is 33.6. The van der Waals surface area contributed by atoms with Crippen LogP contribution in [0.2, 0.25) is 0 Å². The van der Waals surface area contributed by atoms with Crippen molar-refractivity contribution in [3.05, 3.63) is 191 Å². The maximum Gasteiger partial charge on any atom is 0.417 e. The molecule has 10 aromatic rings. The van der Waals surface area contributed by atoms with Gasteiger partial charge in [-0.3, -0.25) is 0 Å². The Morgan fingerprint density at radius 2 is 0.778 bits per heavy atom. The van der Waals surface area contributed by atoms with Crippen LogP contribution in [-0.2, 0) is 24.7 Å². The van der Waals surface area contributed by atoms with Gasteiger partial charge in [0.2, 0.25) is 0 Å². The number of benzene rings is 8. The highest BCUT2D eigenvalue weighted by Crippen LogP contribution is 2.47. The number of nitriles is 3. The molecule has 0 fully saturated rings. The number of halogens is 12. The minimum absolute atomic E-state index is 0.0258. The first-order chi connectivity index (χ1) is 34.1. The van der Waals surface area contributed by atoms with Crippen LogP contribution >= 0.6 is 0 Å². The average Bonchev–Trinajstić information content (AvgIpc) is 3.86. The fourth-order valence-electron chi connectivity index (χ4n) is 9.44. The van der Waals surface area contributed by atoms with E-state index in [9.17, 15) is 68.5 Å². The first kappa shape index (κ1) is 46.7. The van der Waals surface area contributed by atoms with E-state index in [1.807, 2.05) is 12.1 Å². The molecular weight excluding hydrogens is 959 g/mol. The summed E-state index contributed by atoms with van der Waals surface area (Å²) in [6, 6.07) is 38.0. The second kappa shape index (κ2) is 16.6. The van der Waals surface area contributed by atoms with Gasteiger partial charge in [-0.05, 0) is 101 Å². The molecule has 72 heavy (non-hydrogen) atoms. The highest BCUT2D eigenvalue weighted by molar-refractivity contribution is 6.13. The van der Waals surface area contributed by atoms with Gasteiger partial charge >= 0.3 is 24.7 Å². The summed E-state index contributed by atoms with van der Waals surface area (Å²) >= 11 is 0. The van der Waals surface area contributed by atoms with Crippen LogP contribution in [-0.4, -0.2) is 9.13 Å². The number of nitrogens with zero attached hydrogens (tertiary/aromatic N) is 5. The molecule has 0 radical (unpaired) electrons. The molecule has 0 aliphatic carbocycles. The molecule has 0 aliphatic rings. The molecule has 0 atom stereocenters. The molecule has 0 saturated carbocycles. The molecule has 17 heteroatoms. The lowest BCUT2D eigenvalue weighted by atomic mass is 9.94. The van der Waals surface area contributed by atoms with Gasteiger partial charge < -0.3 is 9.13 Å². The van der Waals surface area contributed by atoms with Crippen molar-refractivity contribution in [3.63, 3.8) is 0 Å². The van der Waals surface area contributed by atoms with Gasteiger partial charge in [-0.25, -0.2) is 0 Å². The normalized spacial score (nSPS) is 12.4. The zero-order valence-electron chi connectivity index (χ0n) is 36.2. The standard InChI is InChI=1S/C55H25F12N5/c56-52(57,58)34-11-15-36(44(24-34)54(62,63)64)31-9-13-41-39-5-1-3-7-46(39)71(49(41)22-31)48-18-17-38(33-20-29(26-68)19-30(21-33)27-69)51(43(48)28-70)72-47-8-4-2-6-40(47)42-14-10-32(23-50(42)72)37-16-12-35(53(59,60)61)25-45(37)55(65,66)67/h1-25H. The number of hydrogen-bond acceptors (Lipinski definition) is 3. The van der Waals surface area contributed by atoms with E-state index in [0.717, 1.165) is 12.1 Å². The molecule has 0 spiro atoms. The van der Waals surface area contributed by atoms with Gasteiger partial charge in [-0.15, -0.1) is 0 Å². The number of para-hydroxylation sites is 2. The Kier molecular flexibility index (Phi) is 10.7. The van der Waals surface area contributed by atoms with Crippen molar-refractivity contribution in [1.82, 2.24) is 9.13 Å². The first-order valence-electron chi connectivity index (χ1n) is 21.3. The van der Waals surface area contributed by atoms with Crippen molar-refractivity contribution >= 4 is 43.6 Å². The summed E-state index contributed by atoms with van der Waals surface area (Å²) in [7, 11) is 0. The summed E-state index contributed by atoms with van der Waals surface area (Å²) in [5.74, 6) is 0. The van der Waals surface area contributed by atoms with Crippen molar-refractivity contribution < 1.29 is 52.7 Å². The lowest BCUT2D eigenvalue weighted by molar-refractivity contribution is -0.144. The minimum Gasteiger partial charge on any atom is -0.308 e. The molecule has 5 nitrogen and oxygen atoms in total. The first-order valence-corrected chi connectivity index (χ1v) is 21.3. The Bertz CT molecular complexity index is 4000. The number of hydrogen-bond donors (Lipinski definition) is 0. The predicted molar refractivity (Wildman–Crippen MR) is 246 cm³/mol. The van der Waals surface area contributed by atoms with Crippen LogP contribution in [0.4, 0.5) is 52.7 Å². The lowest BCUT2D eigenvalue weighted by Gasteiger charge is -2.21. The Morgan fingerprint density at radius 1 is 0.347 bits per heavy atom. The van der Waals surface area contributed by atoms with E-state index in [-0.39, 0.29) is 73.5 Å². The van der Waals surface area contributed by atoms with Gasteiger partial charge in [-0.2, -0.15) is 68.5 Å². The molecule has 0 unspecified atom stereocenters. The van der Waals surface area contributed by atoms with Crippen LogP contribution < -0.4 is 0 Å². The Hall–Kier alpha value is -9.01. The second-order valence-corrected chi connectivity index (χ2v) is 16.7. The molecule has 2 aromatic heterocycles. The third kappa shape index (κ3) is 7.78. The Balaban J connectivity index is 1.33. The van der Waals surface area contributed by atoms with Crippen LogP contribution in [0.5, 0.6) is 0 Å². The number of aromatic nitrogens is 2. The van der Waals surface area contributed by atoms with Crippen molar-refractivity contribution in [2.75, 3.05) is 0 Å².